The van der Waals surface area contributed by atoms with E-state index in [0.29, 0.717) is 49.5 Å². The maximum absolute atomic E-state index is 14.7. The Balaban J connectivity index is 0.00000400. The van der Waals surface area contributed by atoms with Crippen LogP contribution in [0, 0.1) is 5.82 Å². The molecule has 5 rings (SSSR count). The van der Waals surface area contributed by atoms with Crippen molar-refractivity contribution in [2.24, 2.45) is 0 Å². The summed E-state index contributed by atoms with van der Waals surface area (Å²) in [5.74, 6) is -0.167. The van der Waals surface area contributed by atoms with Gasteiger partial charge >= 0.3 is 0 Å². The van der Waals surface area contributed by atoms with E-state index in [2.05, 4.69) is 16.0 Å². The highest BCUT2D eigenvalue weighted by molar-refractivity contribution is 5.94. The molecule has 0 radical (unpaired) electrons. The number of carbonyl (C=O) groups excluding carboxylic acids is 3. The van der Waals surface area contributed by atoms with Crippen molar-refractivity contribution in [3.05, 3.63) is 53.3 Å². The molecule has 2 aromatic rings. The molecule has 0 saturated carbocycles. The van der Waals surface area contributed by atoms with E-state index in [1.165, 1.54) is 19.2 Å². The van der Waals surface area contributed by atoms with Gasteiger partial charge in [-0.05, 0) is 62.6 Å². The third-order valence-electron chi connectivity index (χ3n) is 6.58. The second-order valence-electron chi connectivity index (χ2n) is 9.15. The fourth-order valence-electron chi connectivity index (χ4n) is 4.55. The fraction of sp³-hybridized carbons (Fsp3) is 0.444. The summed E-state index contributed by atoms with van der Waals surface area (Å²) in [5.41, 5.74) is 0.582. The Labute approximate surface area is 227 Å². The van der Waals surface area contributed by atoms with Crippen molar-refractivity contribution in [1.82, 2.24) is 20.9 Å². The lowest BCUT2D eigenvalue weighted by Gasteiger charge is -2.26. The Hall–Kier alpha value is -3.37. The normalized spacial score (nSPS) is 19.0. The maximum atomic E-state index is 14.7. The molecule has 3 heterocycles. The minimum Gasteiger partial charge on any atom is -0.493 e. The molecule has 3 N–H and O–H groups in total. The lowest BCUT2D eigenvalue weighted by atomic mass is 10.1. The third kappa shape index (κ3) is 7.35. The van der Waals surface area contributed by atoms with Gasteiger partial charge < -0.3 is 30.3 Å². The molecular weight excluding hydrogens is 515 g/mol. The van der Waals surface area contributed by atoms with Gasteiger partial charge in [0.05, 0.1) is 13.2 Å². The predicted molar refractivity (Wildman–Crippen MR) is 142 cm³/mol. The Kier molecular flexibility index (Phi) is 10.7. The monoisotopic (exact) mass is 548 g/mol. The molecule has 1 fully saturated rings. The largest absolute Gasteiger partial charge is 0.493 e. The average molecular weight is 549 g/mol. The van der Waals surface area contributed by atoms with Crippen LogP contribution in [0.2, 0.25) is 0 Å². The summed E-state index contributed by atoms with van der Waals surface area (Å²) in [6.45, 7) is 2.03. The van der Waals surface area contributed by atoms with Gasteiger partial charge in [-0.2, -0.15) is 0 Å². The number of carbonyl (C=O) groups is 3. The van der Waals surface area contributed by atoms with Crippen molar-refractivity contribution in [3.8, 4) is 17.2 Å². The number of methoxy groups -OCH3 is 1. The number of amides is 3. The van der Waals surface area contributed by atoms with Crippen molar-refractivity contribution < 1.29 is 28.2 Å². The minimum atomic E-state index is -0.514. The summed E-state index contributed by atoms with van der Waals surface area (Å²) in [6, 6.07) is 8.96. The van der Waals surface area contributed by atoms with Crippen LogP contribution >= 0.6 is 12.4 Å². The van der Waals surface area contributed by atoms with Gasteiger partial charge in [0.15, 0.2) is 11.5 Å². The molecule has 1 atom stereocenters. The lowest BCUT2D eigenvalue weighted by Crippen LogP contribution is -2.45. The number of halogens is 2. The number of ether oxygens (including phenoxy) is 2. The first-order chi connectivity index (χ1) is 18.0. The van der Waals surface area contributed by atoms with Gasteiger partial charge in [-0.1, -0.05) is 6.07 Å². The minimum absolute atomic E-state index is 0. The standard InChI is InChI=1S/C27H33FN4O5.ClH/c1-36-24-16-18-10-11-23(24)37-22-8-2-6-20(28)19(22)17-31-25(33)9-4-14-32(15-5-13-30-26(18)34)27(35)21-7-3-12-29-21;/h2,6,8,10-11,16,21,29H,3-5,7,9,12-15,17H2,1H3,(H,30,34)(H,31,33);1H/t21-;/m0./s1. The van der Waals surface area contributed by atoms with Gasteiger partial charge in [-0.25, -0.2) is 4.39 Å². The molecule has 0 aromatic heterocycles. The van der Waals surface area contributed by atoms with Gasteiger partial charge in [-0.15, -0.1) is 12.4 Å². The number of fused-ring (bicyclic) bond motifs is 13. The van der Waals surface area contributed by atoms with Crippen molar-refractivity contribution in [3.63, 3.8) is 0 Å². The number of hydrogen-bond donors (Lipinski definition) is 3. The van der Waals surface area contributed by atoms with Crippen LogP contribution in [0.3, 0.4) is 0 Å². The van der Waals surface area contributed by atoms with E-state index >= 15 is 0 Å². The molecule has 0 spiro atoms. The second kappa shape index (κ2) is 14.0. The quantitative estimate of drug-likeness (QED) is 0.532. The van der Waals surface area contributed by atoms with Crippen LogP contribution in [0.5, 0.6) is 17.2 Å². The summed E-state index contributed by atoms with van der Waals surface area (Å²) in [6.07, 6.45) is 2.98. The zero-order valence-corrected chi connectivity index (χ0v) is 22.2. The van der Waals surface area contributed by atoms with E-state index < -0.39 is 5.82 Å². The van der Waals surface area contributed by atoms with Crippen LogP contribution < -0.4 is 25.4 Å². The van der Waals surface area contributed by atoms with Crippen LogP contribution in [0.4, 0.5) is 4.39 Å². The molecule has 11 heteroatoms. The number of rotatable bonds is 2. The van der Waals surface area contributed by atoms with E-state index in [1.54, 1.807) is 29.2 Å². The summed E-state index contributed by atoms with van der Waals surface area (Å²) >= 11 is 0. The SMILES string of the molecule is COc1cc2ccc1Oc1cccc(F)c1CNC(=O)CCCN(C(=O)[C@@H]1CCCN1)CCCNC2=O.Cl. The van der Waals surface area contributed by atoms with Gasteiger partial charge in [0, 0.05) is 43.7 Å². The molecule has 38 heavy (non-hydrogen) atoms. The van der Waals surface area contributed by atoms with Crippen molar-refractivity contribution in [2.45, 2.75) is 44.7 Å². The third-order valence-corrected chi connectivity index (χ3v) is 6.58. The Morgan fingerprint density at radius 1 is 1.05 bits per heavy atom. The highest BCUT2D eigenvalue weighted by Crippen LogP contribution is 2.34. The van der Waals surface area contributed by atoms with Crippen LogP contribution in [0.1, 0.15) is 48.0 Å². The van der Waals surface area contributed by atoms with Gasteiger partial charge in [0.1, 0.15) is 11.6 Å². The lowest BCUT2D eigenvalue weighted by molar-refractivity contribution is -0.133. The zero-order chi connectivity index (χ0) is 26.2. The Morgan fingerprint density at radius 2 is 1.87 bits per heavy atom. The topological polar surface area (TPSA) is 109 Å². The van der Waals surface area contributed by atoms with Crippen molar-refractivity contribution >= 4 is 30.1 Å². The van der Waals surface area contributed by atoms with Crippen molar-refractivity contribution in [1.29, 1.82) is 0 Å². The molecule has 9 nitrogen and oxygen atoms in total. The predicted octanol–water partition coefficient (Wildman–Crippen LogP) is 3.16. The highest BCUT2D eigenvalue weighted by atomic mass is 35.5. The van der Waals surface area contributed by atoms with Crippen molar-refractivity contribution in [2.75, 3.05) is 33.3 Å². The molecule has 2 aromatic carbocycles. The molecular formula is C27H34ClFN4O5. The molecule has 206 valence electrons. The van der Waals surface area contributed by atoms with E-state index in [-0.39, 0.29) is 60.4 Å². The first kappa shape index (κ1) is 29.2. The maximum Gasteiger partial charge on any atom is 0.251 e. The van der Waals surface area contributed by atoms with Crippen LogP contribution in [0.15, 0.2) is 36.4 Å². The summed E-state index contributed by atoms with van der Waals surface area (Å²) in [4.78, 5) is 40.1. The fourth-order valence-corrected chi connectivity index (χ4v) is 4.55. The van der Waals surface area contributed by atoms with Crippen LogP contribution in [0.25, 0.3) is 0 Å². The molecule has 0 aliphatic carbocycles. The second-order valence-corrected chi connectivity index (χ2v) is 9.15. The number of nitrogens with zero attached hydrogens (tertiary/aromatic N) is 1. The Bertz CT molecular complexity index is 1140. The van der Waals surface area contributed by atoms with E-state index in [4.69, 9.17) is 9.47 Å². The van der Waals surface area contributed by atoms with Gasteiger partial charge in [0.25, 0.3) is 5.91 Å². The van der Waals surface area contributed by atoms with Gasteiger partial charge in [-0.3, -0.25) is 14.4 Å². The van der Waals surface area contributed by atoms with E-state index in [1.807, 2.05) is 0 Å². The molecule has 2 bridgehead atoms. The van der Waals surface area contributed by atoms with Crippen LogP contribution in [-0.2, 0) is 16.1 Å². The zero-order valence-electron chi connectivity index (χ0n) is 21.4. The molecule has 0 unspecified atom stereocenters. The summed E-state index contributed by atoms with van der Waals surface area (Å²) in [5, 5.41) is 8.87. The van der Waals surface area contributed by atoms with E-state index in [9.17, 15) is 18.8 Å². The number of benzene rings is 2. The Morgan fingerprint density at radius 3 is 2.63 bits per heavy atom. The van der Waals surface area contributed by atoms with E-state index in [0.717, 1.165) is 19.4 Å². The number of hydrogen-bond acceptors (Lipinski definition) is 6. The molecule has 3 aliphatic heterocycles. The molecule has 1 saturated heterocycles. The van der Waals surface area contributed by atoms with Gasteiger partial charge in [0.2, 0.25) is 11.8 Å². The number of nitrogens with one attached hydrogen (secondary N) is 3. The highest BCUT2D eigenvalue weighted by Gasteiger charge is 2.26. The summed E-state index contributed by atoms with van der Waals surface area (Å²) in [7, 11) is 1.46. The first-order valence-corrected chi connectivity index (χ1v) is 12.7. The first-order valence-electron chi connectivity index (χ1n) is 12.7. The average Bonchev–Trinajstić information content (AvgIpc) is 3.44. The smallest absolute Gasteiger partial charge is 0.251 e. The molecule has 3 amide bonds. The summed E-state index contributed by atoms with van der Waals surface area (Å²) < 4.78 is 26.0. The van der Waals surface area contributed by atoms with Crippen LogP contribution in [-0.4, -0.2) is 62.0 Å². The molecule has 3 aliphatic rings.